The molecule has 1 amide bonds. The van der Waals surface area contributed by atoms with Crippen molar-refractivity contribution in [2.45, 2.75) is 20.4 Å². The number of aromatic nitrogens is 3. The number of ether oxygens (including phenoxy) is 1. The summed E-state index contributed by atoms with van der Waals surface area (Å²) in [4.78, 5) is 22.1. The zero-order chi connectivity index (χ0) is 20.4. The van der Waals surface area contributed by atoms with Gasteiger partial charge in [0.05, 0.1) is 23.4 Å². The van der Waals surface area contributed by atoms with Crippen molar-refractivity contribution >= 4 is 56.6 Å². The molecular formula is C20H25Cl2N5O2S. The summed E-state index contributed by atoms with van der Waals surface area (Å²) < 4.78 is 8.23. The molecule has 0 atom stereocenters. The number of carbonyl (C=O) groups is 1. The Morgan fingerprint density at radius 2 is 2.07 bits per heavy atom. The lowest BCUT2D eigenvalue weighted by Gasteiger charge is -2.29. The third-order valence-electron chi connectivity index (χ3n) is 5.06. The number of morpholine rings is 1. The third kappa shape index (κ3) is 4.95. The monoisotopic (exact) mass is 469 g/mol. The summed E-state index contributed by atoms with van der Waals surface area (Å²) in [5.41, 5.74) is 2.26. The van der Waals surface area contributed by atoms with Crippen molar-refractivity contribution in [3.8, 4) is 0 Å². The smallest absolute Gasteiger partial charge is 0.280 e. The van der Waals surface area contributed by atoms with Gasteiger partial charge in [0.1, 0.15) is 0 Å². The van der Waals surface area contributed by atoms with Crippen LogP contribution in [0.25, 0.3) is 10.2 Å². The van der Waals surface area contributed by atoms with Crippen molar-refractivity contribution in [1.82, 2.24) is 19.7 Å². The van der Waals surface area contributed by atoms with Crippen molar-refractivity contribution in [3.05, 3.63) is 40.7 Å². The van der Waals surface area contributed by atoms with E-state index in [0.29, 0.717) is 22.4 Å². The van der Waals surface area contributed by atoms with Gasteiger partial charge in [-0.2, -0.15) is 5.10 Å². The van der Waals surface area contributed by atoms with E-state index in [4.69, 9.17) is 21.3 Å². The summed E-state index contributed by atoms with van der Waals surface area (Å²) in [6.07, 6.45) is 0. The zero-order valence-electron chi connectivity index (χ0n) is 17.0. The number of hydrogen-bond acceptors (Lipinski definition) is 6. The first-order chi connectivity index (χ1) is 14.0. The van der Waals surface area contributed by atoms with Gasteiger partial charge in [0.25, 0.3) is 5.91 Å². The largest absolute Gasteiger partial charge is 0.379 e. The Bertz CT molecular complexity index is 1020. The highest BCUT2D eigenvalue weighted by atomic mass is 35.5. The molecule has 1 aliphatic rings. The Hall–Kier alpha value is -1.71. The molecule has 3 heterocycles. The van der Waals surface area contributed by atoms with Crippen LogP contribution in [0.4, 0.5) is 5.13 Å². The van der Waals surface area contributed by atoms with Crippen LogP contribution >= 0.6 is 35.3 Å². The van der Waals surface area contributed by atoms with E-state index in [9.17, 15) is 4.79 Å². The second kappa shape index (κ2) is 10.1. The van der Waals surface area contributed by atoms with Gasteiger partial charge in [0.15, 0.2) is 10.8 Å². The number of rotatable bonds is 6. The van der Waals surface area contributed by atoms with E-state index in [-0.39, 0.29) is 18.3 Å². The standard InChI is InChI=1S/C20H24ClN5O2S.ClH/c1-3-26-14(2)12-17(23-26)19(27)25(7-6-24-8-10-28-11-9-24)20-22-16-5-4-15(21)13-18(16)29-20;/h4-5,12-13H,3,6-11H2,1-2H3;1H. The number of amides is 1. The Morgan fingerprint density at radius 3 is 2.77 bits per heavy atom. The van der Waals surface area contributed by atoms with E-state index in [2.05, 4.69) is 10.00 Å². The molecule has 1 saturated heterocycles. The first-order valence-electron chi connectivity index (χ1n) is 9.77. The molecule has 1 aliphatic heterocycles. The molecule has 0 radical (unpaired) electrons. The summed E-state index contributed by atoms with van der Waals surface area (Å²) in [5, 5.41) is 5.82. The molecule has 4 rings (SSSR count). The van der Waals surface area contributed by atoms with E-state index in [1.165, 1.54) is 11.3 Å². The molecule has 3 aromatic rings. The summed E-state index contributed by atoms with van der Waals surface area (Å²) >= 11 is 7.61. The van der Waals surface area contributed by atoms with Crippen molar-refractivity contribution < 1.29 is 9.53 Å². The lowest BCUT2D eigenvalue weighted by atomic mass is 10.3. The van der Waals surface area contributed by atoms with E-state index in [0.717, 1.165) is 55.3 Å². The molecule has 1 aromatic carbocycles. The van der Waals surface area contributed by atoms with Crippen LogP contribution in [0.2, 0.25) is 5.02 Å². The number of halogens is 2. The van der Waals surface area contributed by atoms with Gasteiger partial charge < -0.3 is 4.74 Å². The Kier molecular flexibility index (Phi) is 7.70. The van der Waals surface area contributed by atoms with Crippen molar-refractivity contribution in [1.29, 1.82) is 0 Å². The molecule has 7 nitrogen and oxygen atoms in total. The molecule has 0 unspecified atom stereocenters. The summed E-state index contributed by atoms with van der Waals surface area (Å²) in [6, 6.07) is 7.44. The molecule has 0 saturated carbocycles. The first-order valence-corrected chi connectivity index (χ1v) is 11.0. The van der Waals surface area contributed by atoms with Crippen molar-refractivity contribution in [2.24, 2.45) is 0 Å². The normalized spacial score (nSPS) is 14.6. The fraction of sp³-hybridized carbons (Fsp3) is 0.450. The minimum absolute atomic E-state index is 0. The van der Waals surface area contributed by atoms with Crippen LogP contribution in [0.5, 0.6) is 0 Å². The Labute approximate surface area is 191 Å². The molecule has 30 heavy (non-hydrogen) atoms. The third-order valence-corrected chi connectivity index (χ3v) is 6.33. The average Bonchev–Trinajstić information content (AvgIpc) is 3.31. The topological polar surface area (TPSA) is 63.5 Å². The number of anilines is 1. The van der Waals surface area contributed by atoms with Crippen LogP contribution in [0.3, 0.4) is 0 Å². The molecule has 162 valence electrons. The maximum atomic E-state index is 13.4. The lowest BCUT2D eigenvalue weighted by molar-refractivity contribution is 0.0391. The van der Waals surface area contributed by atoms with Crippen LogP contribution in [0.15, 0.2) is 24.3 Å². The molecule has 0 bridgehead atoms. The zero-order valence-corrected chi connectivity index (χ0v) is 19.4. The number of fused-ring (bicyclic) bond motifs is 1. The summed E-state index contributed by atoms with van der Waals surface area (Å²) in [6.45, 7) is 9.23. The van der Waals surface area contributed by atoms with Gasteiger partial charge in [-0.1, -0.05) is 22.9 Å². The van der Waals surface area contributed by atoms with Crippen molar-refractivity contribution in [3.63, 3.8) is 0 Å². The number of carbonyl (C=O) groups excluding carboxylic acids is 1. The van der Waals surface area contributed by atoms with E-state index in [1.807, 2.05) is 42.8 Å². The molecule has 2 aromatic heterocycles. The maximum Gasteiger partial charge on any atom is 0.280 e. The van der Waals surface area contributed by atoms with Crippen LogP contribution in [-0.4, -0.2) is 65.0 Å². The van der Waals surface area contributed by atoms with Gasteiger partial charge in [0, 0.05) is 43.4 Å². The molecular weight excluding hydrogens is 445 g/mol. The van der Waals surface area contributed by atoms with Gasteiger partial charge in [-0.05, 0) is 38.1 Å². The van der Waals surface area contributed by atoms with Crippen LogP contribution in [0, 0.1) is 6.92 Å². The number of nitrogens with zero attached hydrogens (tertiary/aromatic N) is 5. The summed E-state index contributed by atoms with van der Waals surface area (Å²) in [7, 11) is 0. The van der Waals surface area contributed by atoms with Gasteiger partial charge in [0.2, 0.25) is 0 Å². The first kappa shape index (κ1) is 23.0. The van der Waals surface area contributed by atoms with Crippen LogP contribution in [0.1, 0.15) is 23.1 Å². The number of thiazole rings is 1. The fourth-order valence-corrected chi connectivity index (χ4v) is 4.69. The number of hydrogen-bond donors (Lipinski definition) is 0. The molecule has 0 aliphatic carbocycles. The van der Waals surface area contributed by atoms with Gasteiger partial charge in [-0.3, -0.25) is 19.3 Å². The SMILES string of the molecule is CCn1nc(C(=O)N(CCN2CCOCC2)c2nc3ccc(Cl)cc3s2)cc1C.Cl. The Balaban J connectivity index is 0.00000256. The van der Waals surface area contributed by atoms with E-state index < -0.39 is 0 Å². The molecule has 0 N–H and O–H groups in total. The molecule has 1 fully saturated rings. The number of benzene rings is 1. The van der Waals surface area contributed by atoms with E-state index >= 15 is 0 Å². The highest BCUT2D eigenvalue weighted by Gasteiger charge is 2.25. The highest BCUT2D eigenvalue weighted by molar-refractivity contribution is 7.22. The highest BCUT2D eigenvalue weighted by Crippen LogP contribution is 2.31. The predicted molar refractivity (Wildman–Crippen MR) is 123 cm³/mol. The fourth-order valence-electron chi connectivity index (χ4n) is 3.43. The lowest BCUT2D eigenvalue weighted by Crippen LogP contribution is -2.43. The van der Waals surface area contributed by atoms with Gasteiger partial charge in [-0.15, -0.1) is 12.4 Å². The maximum absolute atomic E-state index is 13.4. The second-order valence-corrected chi connectivity index (χ2v) is 8.45. The second-order valence-electron chi connectivity index (χ2n) is 7.01. The molecule has 10 heteroatoms. The number of aryl methyl sites for hydroxylation is 2. The van der Waals surface area contributed by atoms with Crippen LogP contribution in [-0.2, 0) is 11.3 Å². The predicted octanol–water partition coefficient (Wildman–Crippen LogP) is 3.88. The Morgan fingerprint density at radius 1 is 1.30 bits per heavy atom. The molecule has 0 spiro atoms. The average molecular weight is 470 g/mol. The van der Waals surface area contributed by atoms with Crippen molar-refractivity contribution in [2.75, 3.05) is 44.3 Å². The van der Waals surface area contributed by atoms with Gasteiger partial charge >= 0.3 is 0 Å². The van der Waals surface area contributed by atoms with E-state index in [1.54, 1.807) is 4.90 Å². The van der Waals surface area contributed by atoms with Crippen LogP contribution < -0.4 is 4.90 Å². The minimum atomic E-state index is -0.126. The quantitative estimate of drug-likeness (QED) is 0.547. The summed E-state index contributed by atoms with van der Waals surface area (Å²) in [5.74, 6) is -0.126. The van der Waals surface area contributed by atoms with Gasteiger partial charge in [-0.25, -0.2) is 4.98 Å². The minimum Gasteiger partial charge on any atom is -0.379 e.